The van der Waals surface area contributed by atoms with Crippen molar-refractivity contribution in [3.05, 3.63) is 33.6 Å². The second-order valence-electron chi connectivity index (χ2n) is 2.01. The van der Waals surface area contributed by atoms with E-state index in [2.05, 4.69) is 10.4 Å². The minimum absolute atomic E-state index is 0.0671. The standard InChI is InChI=1S/C7H4N2O3/c10-4-5-6(8-11)2-1-3-7(5)9-12/h1-4H. The Kier molecular flexibility index (Phi) is 2.37. The van der Waals surface area contributed by atoms with Gasteiger partial charge in [-0.25, -0.2) is 0 Å². The minimum Gasteiger partial charge on any atom is -0.298 e. The maximum absolute atomic E-state index is 10.4. The number of hydrogen-bond donors (Lipinski definition) is 0. The molecule has 0 spiro atoms. The zero-order valence-electron chi connectivity index (χ0n) is 5.93. The largest absolute Gasteiger partial charge is 0.298 e. The van der Waals surface area contributed by atoms with Gasteiger partial charge in [0.05, 0.1) is 5.56 Å². The van der Waals surface area contributed by atoms with Crippen LogP contribution in [0.25, 0.3) is 0 Å². The second-order valence-corrected chi connectivity index (χ2v) is 2.01. The van der Waals surface area contributed by atoms with Gasteiger partial charge in [0.1, 0.15) is 11.4 Å². The van der Waals surface area contributed by atoms with Gasteiger partial charge in [0.15, 0.2) is 6.29 Å². The molecule has 0 bridgehead atoms. The number of rotatable bonds is 3. The average molecular weight is 164 g/mol. The molecule has 0 unspecified atom stereocenters. The van der Waals surface area contributed by atoms with Crippen LogP contribution in [0.5, 0.6) is 0 Å². The molecule has 5 heteroatoms. The van der Waals surface area contributed by atoms with Gasteiger partial charge < -0.3 is 0 Å². The Morgan fingerprint density at radius 1 is 1.08 bits per heavy atom. The van der Waals surface area contributed by atoms with Gasteiger partial charge in [-0.2, -0.15) is 0 Å². The van der Waals surface area contributed by atoms with Gasteiger partial charge in [-0.05, 0) is 22.5 Å². The van der Waals surface area contributed by atoms with Crippen molar-refractivity contribution in [3.8, 4) is 0 Å². The molecule has 0 aliphatic carbocycles. The van der Waals surface area contributed by atoms with Crippen molar-refractivity contribution >= 4 is 17.7 Å². The molecule has 5 nitrogen and oxygen atoms in total. The first-order chi connectivity index (χ1) is 5.83. The lowest BCUT2D eigenvalue weighted by molar-refractivity contribution is 0.112. The van der Waals surface area contributed by atoms with Gasteiger partial charge in [0.2, 0.25) is 0 Å². The fourth-order valence-electron chi connectivity index (χ4n) is 0.821. The molecule has 0 heterocycles. The van der Waals surface area contributed by atoms with E-state index in [0.717, 1.165) is 0 Å². The van der Waals surface area contributed by atoms with Crippen molar-refractivity contribution in [2.45, 2.75) is 0 Å². The molecule has 1 aromatic rings. The minimum atomic E-state index is -0.0675. The fourth-order valence-corrected chi connectivity index (χ4v) is 0.821. The van der Waals surface area contributed by atoms with E-state index < -0.39 is 0 Å². The van der Waals surface area contributed by atoms with Crippen molar-refractivity contribution in [2.75, 3.05) is 0 Å². The van der Waals surface area contributed by atoms with E-state index in [4.69, 9.17) is 0 Å². The summed E-state index contributed by atoms with van der Waals surface area (Å²) >= 11 is 0. The van der Waals surface area contributed by atoms with Gasteiger partial charge in [0, 0.05) is 0 Å². The smallest absolute Gasteiger partial charge is 0.154 e. The third-order valence-corrected chi connectivity index (χ3v) is 1.37. The van der Waals surface area contributed by atoms with Gasteiger partial charge in [-0.1, -0.05) is 6.07 Å². The monoisotopic (exact) mass is 164 g/mol. The Morgan fingerprint density at radius 3 is 1.92 bits per heavy atom. The van der Waals surface area contributed by atoms with Crippen molar-refractivity contribution < 1.29 is 4.79 Å². The number of nitroso groups, excluding NO2 is 2. The highest BCUT2D eigenvalue weighted by atomic mass is 16.3. The summed E-state index contributed by atoms with van der Waals surface area (Å²) in [5.41, 5.74) is -0.202. The number of carbonyl (C=O) groups excluding carboxylic acids is 1. The molecule has 0 aliphatic heterocycles. The normalized spacial score (nSPS) is 9.00. The summed E-state index contributed by atoms with van der Waals surface area (Å²) in [6, 6.07) is 4.11. The summed E-state index contributed by atoms with van der Waals surface area (Å²) in [6.45, 7) is 0. The zero-order chi connectivity index (χ0) is 8.97. The summed E-state index contributed by atoms with van der Waals surface area (Å²) in [7, 11) is 0. The summed E-state index contributed by atoms with van der Waals surface area (Å²) in [4.78, 5) is 30.6. The van der Waals surface area contributed by atoms with E-state index in [1.165, 1.54) is 18.2 Å². The lowest BCUT2D eigenvalue weighted by Crippen LogP contribution is -1.80. The Balaban J connectivity index is 3.40. The zero-order valence-corrected chi connectivity index (χ0v) is 5.93. The van der Waals surface area contributed by atoms with Gasteiger partial charge in [-0.3, -0.25) is 4.79 Å². The van der Waals surface area contributed by atoms with Crippen LogP contribution < -0.4 is 0 Å². The molecule has 0 saturated heterocycles. The number of hydrogen-bond acceptors (Lipinski definition) is 5. The number of aldehydes is 1. The summed E-state index contributed by atoms with van der Waals surface area (Å²) in [5.74, 6) is 0. The van der Waals surface area contributed by atoms with Crippen LogP contribution in [0.15, 0.2) is 28.6 Å². The van der Waals surface area contributed by atoms with E-state index in [0.29, 0.717) is 6.29 Å². The highest BCUT2D eigenvalue weighted by Gasteiger charge is 2.07. The molecule has 12 heavy (non-hydrogen) atoms. The SMILES string of the molecule is O=Cc1c(N=O)cccc1N=O. The molecule has 0 saturated carbocycles. The molecule has 1 rings (SSSR count). The van der Waals surface area contributed by atoms with Crippen LogP contribution in [0.4, 0.5) is 11.4 Å². The maximum atomic E-state index is 10.4. The molecular formula is C7H4N2O3. The molecule has 0 fully saturated rings. The van der Waals surface area contributed by atoms with Crippen LogP contribution in [0.1, 0.15) is 10.4 Å². The Labute approximate surface area is 67.3 Å². The first kappa shape index (κ1) is 8.19. The lowest BCUT2D eigenvalue weighted by atomic mass is 10.1. The number of nitrogens with zero attached hydrogens (tertiary/aromatic N) is 2. The molecule has 0 atom stereocenters. The van der Waals surface area contributed by atoms with Crippen molar-refractivity contribution in [1.29, 1.82) is 0 Å². The molecule has 60 valence electrons. The summed E-state index contributed by atoms with van der Waals surface area (Å²) in [6.07, 6.45) is 0.382. The first-order valence-electron chi connectivity index (χ1n) is 3.08. The lowest BCUT2D eigenvalue weighted by Gasteiger charge is -1.95. The molecule has 0 amide bonds. The predicted octanol–water partition coefficient (Wildman–Crippen LogP) is 2.29. The number of carbonyl (C=O) groups is 1. The maximum Gasteiger partial charge on any atom is 0.154 e. The molecule has 1 aromatic carbocycles. The van der Waals surface area contributed by atoms with E-state index >= 15 is 0 Å². The predicted molar refractivity (Wildman–Crippen MR) is 42.7 cm³/mol. The summed E-state index contributed by atoms with van der Waals surface area (Å²) in [5, 5.41) is 5.14. The van der Waals surface area contributed by atoms with E-state index in [1.807, 2.05) is 0 Å². The summed E-state index contributed by atoms with van der Waals surface area (Å²) < 4.78 is 0. The van der Waals surface area contributed by atoms with E-state index in [1.54, 1.807) is 0 Å². The van der Waals surface area contributed by atoms with E-state index in [9.17, 15) is 14.6 Å². The van der Waals surface area contributed by atoms with Crippen molar-refractivity contribution in [2.24, 2.45) is 10.4 Å². The van der Waals surface area contributed by atoms with Crippen molar-refractivity contribution in [3.63, 3.8) is 0 Å². The van der Waals surface area contributed by atoms with Crippen LogP contribution in [-0.2, 0) is 0 Å². The van der Waals surface area contributed by atoms with Gasteiger partial charge in [-0.15, -0.1) is 9.81 Å². The van der Waals surface area contributed by atoms with Crippen LogP contribution >= 0.6 is 0 Å². The fraction of sp³-hybridized carbons (Fsp3) is 0. The van der Waals surface area contributed by atoms with Gasteiger partial charge in [0.25, 0.3) is 0 Å². The quantitative estimate of drug-likeness (QED) is 0.508. The Bertz CT molecular complexity index is 309. The van der Waals surface area contributed by atoms with Crippen LogP contribution in [-0.4, -0.2) is 6.29 Å². The average Bonchev–Trinajstić information content (AvgIpc) is 2.16. The highest BCUT2D eigenvalue weighted by molar-refractivity contribution is 5.89. The first-order valence-corrected chi connectivity index (χ1v) is 3.08. The Morgan fingerprint density at radius 2 is 1.58 bits per heavy atom. The molecule has 0 aliphatic rings. The van der Waals surface area contributed by atoms with E-state index in [-0.39, 0.29) is 16.9 Å². The van der Waals surface area contributed by atoms with Crippen LogP contribution in [0.2, 0.25) is 0 Å². The molecule has 0 N–H and O–H groups in total. The Hall–Kier alpha value is -1.91. The topological polar surface area (TPSA) is 75.9 Å². The highest BCUT2D eigenvalue weighted by Crippen LogP contribution is 2.26. The van der Waals surface area contributed by atoms with Crippen LogP contribution in [0, 0.1) is 9.81 Å². The third kappa shape index (κ3) is 1.24. The van der Waals surface area contributed by atoms with Crippen molar-refractivity contribution in [1.82, 2.24) is 0 Å². The molecule has 0 radical (unpaired) electrons. The van der Waals surface area contributed by atoms with Gasteiger partial charge >= 0.3 is 0 Å². The molecule has 0 aromatic heterocycles. The second kappa shape index (κ2) is 3.47. The third-order valence-electron chi connectivity index (χ3n) is 1.37. The number of benzene rings is 1. The van der Waals surface area contributed by atoms with Crippen LogP contribution in [0.3, 0.4) is 0 Å². The molecular weight excluding hydrogens is 160 g/mol.